The lowest BCUT2D eigenvalue weighted by atomic mass is 10.2. The number of amides is 2. The molecule has 0 spiro atoms. The minimum Gasteiger partial charge on any atom is -0.353 e. The topological polar surface area (TPSA) is 70.6 Å². The Morgan fingerprint density at radius 3 is 2.71 bits per heavy atom. The van der Waals surface area contributed by atoms with E-state index >= 15 is 0 Å². The summed E-state index contributed by atoms with van der Waals surface area (Å²) >= 11 is 3.30. The van der Waals surface area contributed by atoms with E-state index in [9.17, 15) is 9.59 Å². The fourth-order valence-corrected chi connectivity index (χ4v) is 1.94. The molecule has 1 rings (SSSR count). The number of hydrazone groups is 1. The second-order valence-electron chi connectivity index (χ2n) is 4.85. The molecule has 114 valence electrons. The minimum absolute atomic E-state index is 0.0951. The average molecular weight is 354 g/mol. The van der Waals surface area contributed by atoms with Crippen LogP contribution >= 0.6 is 15.9 Å². The molecule has 5 nitrogen and oxygen atoms in total. The zero-order valence-electron chi connectivity index (χ0n) is 12.4. The Hall–Kier alpha value is -1.69. The summed E-state index contributed by atoms with van der Waals surface area (Å²) in [6.45, 7) is 5.65. The van der Waals surface area contributed by atoms with E-state index in [2.05, 4.69) is 31.8 Å². The van der Waals surface area contributed by atoms with Gasteiger partial charge in [0.15, 0.2) is 0 Å². The van der Waals surface area contributed by atoms with Crippen molar-refractivity contribution in [1.82, 2.24) is 10.7 Å². The minimum atomic E-state index is -0.307. The van der Waals surface area contributed by atoms with Gasteiger partial charge in [-0.2, -0.15) is 5.10 Å². The number of rotatable bonds is 6. The highest BCUT2D eigenvalue weighted by atomic mass is 79.9. The van der Waals surface area contributed by atoms with Gasteiger partial charge in [-0.1, -0.05) is 28.9 Å². The molecule has 0 fully saturated rings. The van der Waals surface area contributed by atoms with Crippen molar-refractivity contribution in [3.63, 3.8) is 0 Å². The van der Waals surface area contributed by atoms with E-state index in [1.165, 1.54) is 0 Å². The van der Waals surface area contributed by atoms with E-state index in [-0.39, 0.29) is 24.3 Å². The smallest absolute Gasteiger partial charge is 0.271 e. The molecule has 0 bridgehead atoms. The fraction of sp³-hybridized carbons (Fsp3) is 0.400. The maximum absolute atomic E-state index is 11.9. The van der Waals surface area contributed by atoms with Crippen molar-refractivity contribution in [2.75, 3.05) is 0 Å². The summed E-state index contributed by atoms with van der Waals surface area (Å²) < 4.78 is 0.823. The van der Waals surface area contributed by atoms with Crippen molar-refractivity contribution < 1.29 is 9.59 Å². The Labute approximate surface area is 133 Å². The van der Waals surface area contributed by atoms with Crippen molar-refractivity contribution in [1.29, 1.82) is 0 Å². The maximum atomic E-state index is 11.9. The van der Waals surface area contributed by atoms with Gasteiger partial charge in [0.1, 0.15) is 0 Å². The lowest BCUT2D eigenvalue weighted by Gasteiger charge is -2.11. The molecule has 21 heavy (non-hydrogen) atoms. The van der Waals surface area contributed by atoms with Gasteiger partial charge in [-0.3, -0.25) is 9.59 Å². The highest BCUT2D eigenvalue weighted by molar-refractivity contribution is 9.10. The van der Waals surface area contributed by atoms with Crippen molar-refractivity contribution in [3.05, 3.63) is 34.3 Å². The van der Waals surface area contributed by atoms with Crippen molar-refractivity contribution in [2.24, 2.45) is 5.10 Å². The molecule has 0 saturated heterocycles. The monoisotopic (exact) mass is 353 g/mol. The standard InChI is InChI=1S/C15H20BrN3O2/c1-4-10(2)17-14(20)8-11(3)18-19-15(21)12-6-5-7-13(16)9-12/h5-7,9-10H,4,8H2,1-3H3,(H,17,20)(H,19,21)/t10-/m0/s1. The van der Waals surface area contributed by atoms with Gasteiger partial charge in [0.05, 0.1) is 6.42 Å². The van der Waals surface area contributed by atoms with Gasteiger partial charge in [0.2, 0.25) is 5.91 Å². The van der Waals surface area contributed by atoms with Gasteiger partial charge in [-0.25, -0.2) is 5.43 Å². The summed E-state index contributed by atoms with van der Waals surface area (Å²) in [4.78, 5) is 23.5. The lowest BCUT2D eigenvalue weighted by molar-refractivity contribution is -0.120. The van der Waals surface area contributed by atoms with Crippen LogP contribution in [0.5, 0.6) is 0 Å². The summed E-state index contributed by atoms with van der Waals surface area (Å²) in [5.41, 5.74) is 3.51. The van der Waals surface area contributed by atoms with Crippen LogP contribution in [0, 0.1) is 0 Å². The van der Waals surface area contributed by atoms with Crippen LogP contribution in [0.4, 0.5) is 0 Å². The highest BCUT2D eigenvalue weighted by Gasteiger charge is 2.08. The molecule has 0 aliphatic heterocycles. The van der Waals surface area contributed by atoms with Crippen LogP contribution in [0.2, 0.25) is 0 Å². The van der Waals surface area contributed by atoms with Gasteiger partial charge >= 0.3 is 0 Å². The summed E-state index contributed by atoms with van der Waals surface area (Å²) in [5.74, 6) is -0.403. The normalized spacial score (nSPS) is 12.7. The van der Waals surface area contributed by atoms with Gasteiger partial charge < -0.3 is 5.32 Å². The van der Waals surface area contributed by atoms with Crippen LogP contribution in [0.3, 0.4) is 0 Å². The number of carbonyl (C=O) groups excluding carboxylic acids is 2. The zero-order valence-corrected chi connectivity index (χ0v) is 14.0. The summed E-state index contributed by atoms with van der Waals surface area (Å²) in [6.07, 6.45) is 1.05. The van der Waals surface area contributed by atoms with Gasteiger partial charge in [0.25, 0.3) is 5.91 Å². The summed E-state index contributed by atoms with van der Waals surface area (Å²) in [5, 5.41) is 6.79. The third-order valence-electron chi connectivity index (χ3n) is 2.87. The summed E-state index contributed by atoms with van der Waals surface area (Å²) in [6, 6.07) is 7.15. The number of benzene rings is 1. The summed E-state index contributed by atoms with van der Waals surface area (Å²) in [7, 11) is 0. The molecule has 0 heterocycles. The third-order valence-corrected chi connectivity index (χ3v) is 3.36. The van der Waals surface area contributed by atoms with E-state index in [4.69, 9.17) is 0 Å². The Morgan fingerprint density at radius 2 is 2.10 bits per heavy atom. The quantitative estimate of drug-likeness (QED) is 0.609. The van der Waals surface area contributed by atoms with Crippen LogP contribution in [0.1, 0.15) is 44.0 Å². The molecular weight excluding hydrogens is 334 g/mol. The number of hydrogen-bond donors (Lipinski definition) is 2. The van der Waals surface area contributed by atoms with Crippen LogP contribution < -0.4 is 10.7 Å². The first kappa shape index (κ1) is 17.4. The van der Waals surface area contributed by atoms with E-state index in [0.717, 1.165) is 10.9 Å². The first-order valence-electron chi connectivity index (χ1n) is 6.80. The van der Waals surface area contributed by atoms with Gasteiger partial charge in [-0.05, 0) is 38.5 Å². The molecule has 0 unspecified atom stereocenters. The molecule has 1 atom stereocenters. The lowest BCUT2D eigenvalue weighted by Crippen LogP contribution is -2.33. The van der Waals surface area contributed by atoms with E-state index in [1.807, 2.05) is 19.9 Å². The van der Waals surface area contributed by atoms with Gasteiger partial charge in [0, 0.05) is 21.8 Å². The fourth-order valence-electron chi connectivity index (χ4n) is 1.54. The average Bonchev–Trinajstić information content (AvgIpc) is 2.44. The molecule has 0 aliphatic rings. The van der Waals surface area contributed by atoms with E-state index in [1.54, 1.807) is 25.1 Å². The molecule has 0 radical (unpaired) electrons. The maximum Gasteiger partial charge on any atom is 0.271 e. The number of halogens is 1. The van der Waals surface area contributed by atoms with E-state index in [0.29, 0.717) is 11.3 Å². The Balaban J connectivity index is 2.52. The molecular formula is C15H20BrN3O2. The zero-order chi connectivity index (χ0) is 15.8. The molecule has 1 aromatic carbocycles. The largest absolute Gasteiger partial charge is 0.353 e. The second kappa shape index (κ2) is 8.56. The third kappa shape index (κ3) is 6.53. The number of hydrogen-bond acceptors (Lipinski definition) is 3. The Kier molecular flexibility index (Phi) is 7.08. The van der Waals surface area contributed by atoms with Gasteiger partial charge in [-0.15, -0.1) is 0 Å². The first-order valence-corrected chi connectivity index (χ1v) is 7.60. The number of carbonyl (C=O) groups is 2. The SMILES string of the molecule is CC[C@H](C)NC(=O)CC(C)=NNC(=O)c1cccc(Br)c1. The molecule has 2 amide bonds. The molecule has 6 heteroatoms. The van der Waals surface area contributed by atoms with Crippen LogP contribution in [0.25, 0.3) is 0 Å². The molecule has 1 aromatic rings. The molecule has 0 aromatic heterocycles. The Bertz CT molecular complexity index is 543. The van der Waals surface area contributed by atoms with Crippen LogP contribution in [-0.2, 0) is 4.79 Å². The van der Waals surface area contributed by atoms with E-state index < -0.39 is 0 Å². The highest BCUT2D eigenvalue weighted by Crippen LogP contribution is 2.11. The molecule has 0 aliphatic carbocycles. The first-order chi connectivity index (χ1) is 9.92. The molecule has 2 N–H and O–H groups in total. The molecule has 0 saturated carbocycles. The second-order valence-corrected chi connectivity index (χ2v) is 5.77. The predicted octanol–water partition coefficient (Wildman–Crippen LogP) is 2.86. The number of nitrogens with one attached hydrogen (secondary N) is 2. The van der Waals surface area contributed by atoms with Crippen molar-refractivity contribution >= 4 is 33.5 Å². The Morgan fingerprint density at radius 1 is 1.38 bits per heavy atom. The van der Waals surface area contributed by atoms with Crippen molar-refractivity contribution in [3.8, 4) is 0 Å². The van der Waals surface area contributed by atoms with Crippen LogP contribution in [-0.4, -0.2) is 23.6 Å². The van der Waals surface area contributed by atoms with Crippen LogP contribution in [0.15, 0.2) is 33.8 Å². The number of nitrogens with zero attached hydrogens (tertiary/aromatic N) is 1. The van der Waals surface area contributed by atoms with Crippen molar-refractivity contribution in [2.45, 2.75) is 39.7 Å². The predicted molar refractivity (Wildman–Crippen MR) is 87.2 cm³/mol.